The molecule has 2 aliphatic rings. The summed E-state index contributed by atoms with van der Waals surface area (Å²) in [6, 6.07) is 14.1. The fraction of sp³-hybridized carbons (Fsp3) is 0.304. The molecule has 0 amide bonds. The van der Waals surface area contributed by atoms with Crippen molar-refractivity contribution in [2.45, 2.75) is 44.7 Å². The number of benzene rings is 2. The second-order valence-corrected chi connectivity index (χ2v) is 9.24. The molecule has 0 spiro atoms. The molecule has 2 aliphatic carbocycles. The van der Waals surface area contributed by atoms with Gasteiger partial charge in [-0.3, -0.25) is 4.99 Å². The minimum atomic E-state index is 0.397. The van der Waals surface area contributed by atoms with Crippen LogP contribution in [-0.4, -0.2) is 27.7 Å². The largest absolute Gasteiger partial charge is 0.366 e. The van der Waals surface area contributed by atoms with Crippen molar-refractivity contribution < 1.29 is 0 Å². The second kappa shape index (κ2) is 7.92. The van der Waals surface area contributed by atoms with Crippen molar-refractivity contribution >= 4 is 40.6 Å². The van der Waals surface area contributed by atoms with E-state index in [1.807, 2.05) is 41.1 Å². The molecule has 30 heavy (non-hydrogen) atoms. The number of nitrogens with zero attached hydrogens (tertiary/aromatic N) is 3. The van der Waals surface area contributed by atoms with Gasteiger partial charge in [-0.2, -0.15) is 5.10 Å². The summed E-state index contributed by atoms with van der Waals surface area (Å²) < 4.78 is 1.89. The van der Waals surface area contributed by atoms with Gasteiger partial charge in [-0.15, -0.1) is 0 Å². The van der Waals surface area contributed by atoms with Crippen LogP contribution in [0.5, 0.6) is 0 Å². The van der Waals surface area contributed by atoms with E-state index in [0.717, 1.165) is 46.9 Å². The molecule has 2 fully saturated rings. The molecular formula is C23H21Cl3N4. The molecule has 0 radical (unpaired) electrons. The third-order valence-electron chi connectivity index (χ3n) is 5.38. The average Bonchev–Trinajstić information content (AvgIpc) is 3.64. The lowest BCUT2D eigenvalue weighted by atomic mass is 10.1. The third kappa shape index (κ3) is 4.09. The van der Waals surface area contributed by atoms with Crippen LogP contribution in [0.3, 0.4) is 0 Å². The first kappa shape index (κ1) is 19.9. The molecule has 1 N–H and O–H groups in total. The van der Waals surface area contributed by atoms with Crippen molar-refractivity contribution in [3.8, 4) is 16.9 Å². The zero-order chi connectivity index (χ0) is 20.8. The molecule has 0 saturated heterocycles. The van der Waals surface area contributed by atoms with Crippen molar-refractivity contribution in [3.05, 3.63) is 68.8 Å². The monoisotopic (exact) mass is 458 g/mol. The molecule has 0 aliphatic heterocycles. The van der Waals surface area contributed by atoms with Crippen molar-refractivity contribution in [3.63, 3.8) is 0 Å². The van der Waals surface area contributed by atoms with Gasteiger partial charge < -0.3 is 5.32 Å². The smallest absolute Gasteiger partial charge is 0.150 e. The van der Waals surface area contributed by atoms with Crippen LogP contribution >= 0.6 is 34.8 Å². The van der Waals surface area contributed by atoms with Crippen molar-refractivity contribution in [1.82, 2.24) is 15.1 Å². The summed E-state index contributed by atoms with van der Waals surface area (Å²) in [6.45, 7) is 2.09. The maximum atomic E-state index is 6.57. The molecule has 5 rings (SSSR count). The number of nitrogens with one attached hydrogen (secondary N) is 1. The summed E-state index contributed by atoms with van der Waals surface area (Å²) >= 11 is 18.8. The molecule has 2 aromatic carbocycles. The van der Waals surface area contributed by atoms with Crippen LogP contribution in [-0.2, 0) is 0 Å². The second-order valence-electron chi connectivity index (χ2n) is 7.96. The number of hydrogen-bond acceptors (Lipinski definition) is 2. The molecule has 0 bridgehead atoms. The highest BCUT2D eigenvalue weighted by Crippen LogP contribution is 2.34. The van der Waals surface area contributed by atoms with Gasteiger partial charge in [0, 0.05) is 27.2 Å². The zero-order valence-electron chi connectivity index (χ0n) is 16.5. The molecule has 154 valence electrons. The summed E-state index contributed by atoms with van der Waals surface area (Å²) in [4.78, 5) is 4.95. The standard InChI is InChI=1S/C23H21Cl3N4/c1-13-21(23(27-17-7-8-17)28-18-9-10-18)29-30(20-11-6-16(25)12-19(20)26)22(13)14-2-4-15(24)5-3-14/h2-6,11-12,17-18H,7-10H2,1H3,(H,27,28). The van der Waals surface area contributed by atoms with Crippen molar-refractivity contribution in [2.75, 3.05) is 0 Å². The van der Waals surface area contributed by atoms with E-state index in [4.69, 9.17) is 44.9 Å². The van der Waals surface area contributed by atoms with Crippen LogP contribution in [0.15, 0.2) is 47.5 Å². The van der Waals surface area contributed by atoms with Gasteiger partial charge in [0.1, 0.15) is 11.5 Å². The molecule has 4 nitrogen and oxygen atoms in total. The third-order valence-corrected chi connectivity index (χ3v) is 6.17. The van der Waals surface area contributed by atoms with Crippen LogP contribution in [0.4, 0.5) is 0 Å². The maximum Gasteiger partial charge on any atom is 0.150 e. The Morgan fingerprint density at radius 1 is 1.00 bits per heavy atom. The van der Waals surface area contributed by atoms with E-state index in [2.05, 4.69) is 12.2 Å². The van der Waals surface area contributed by atoms with Gasteiger partial charge >= 0.3 is 0 Å². The van der Waals surface area contributed by atoms with Gasteiger partial charge in [-0.1, -0.05) is 46.9 Å². The van der Waals surface area contributed by atoms with E-state index in [1.54, 1.807) is 6.07 Å². The number of halogens is 3. The summed E-state index contributed by atoms with van der Waals surface area (Å²) in [5.74, 6) is 0.886. The highest BCUT2D eigenvalue weighted by atomic mass is 35.5. The van der Waals surface area contributed by atoms with Crippen LogP contribution < -0.4 is 5.32 Å². The molecule has 1 heterocycles. The first-order valence-corrected chi connectivity index (χ1v) is 11.3. The Morgan fingerprint density at radius 3 is 2.33 bits per heavy atom. The van der Waals surface area contributed by atoms with E-state index in [9.17, 15) is 0 Å². The predicted molar refractivity (Wildman–Crippen MR) is 124 cm³/mol. The molecular weight excluding hydrogens is 439 g/mol. The van der Waals surface area contributed by atoms with Gasteiger partial charge in [0.25, 0.3) is 0 Å². The molecule has 1 aromatic heterocycles. The summed E-state index contributed by atoms with van der Waals surface area (Å²) in [7, 11) is 0. The summed E-state index contributed by atoms with van der Waals surface area (Å²) in [5.41, 5.74) is 4.67. The van der Waals surface area contributed by atoms with Crippen molar-refractivity contribution in [1.29, 1.82) is 0 Å². The summed E-state index contributed by atoms with van der Waals surface area (Å²) in [5, 5.41) is 10.4. The lowest BCUT2D eigenvalue weighted by Gasteiger charge is -2.11. The van der Waals surface area contributed by atoms with Gasteiger partial charge in [-0.05, 0) is 62.9 Å². The number of hydrogen-bond donors (Lipinski definition) is 1. The molecule has 3 aromatic rings. The SMILES string of the molecule is Cc1c(C(=NC2CC2)NC2CC2)nn(-c2ccc(Cl)cc2Cl)c1-c1ccc(Cl)cc1. The number of rotatable bonds is 5. The zero-order valence-corrected chi connectivity index (χ0v) is 18.8. The van der Waals surface area contributed by atoms with E-state index < -0.39 is 0 Å². The average molecular weight is 460 g/mol. The Bertz CT molecular complexity index is 1130. The molecule has 0 unspecified atom stereocenters. The predicted octanol–water partition coefficient (Wildman–Crippen LogP) is 6.47. The van der Waals surface area contributed by atoms with Gasteiger partial charge in [-0.25, -0.2) is 4.68 Å². The Hall–Kier alpha value is -2.01. The van der Waals surface area contributed by atoms with Gasteiger partial charge in [0.15, 0.2) is 0 Å². The quantitative estimate of drug-likeness (QED) is 0.351. The topological polar surface area (TPSA) is 42.2 Å². The normalized spacial score (nSPS) is 16.7. The fourth-order valence-corrected chi connectivity index (χ4v) is 4.08. The highest BCUT2D eigenvalue weighted by molar-refractivity contribution is 6.35. The lowest BCUT2D eigenvalue weighted by Crippen LogP contribution is -2.28. The molecule has 2 saturated carbocycles. The van der Waals surface area contributed by atoms with Crippen molar-refractivity contribution in [2.24, 2.45) is 4.99 Å². The van der Waals surface area contributed by atoms with Crippen LogP contribution in [0.1, 0.15) is 36.9 Å². The number of aliphatic imine (C=N–C) groups is 1. The van der Waals surface area contributed by atoms with Crippen LogP contribution in [0.25, 0.3) is 16.9 Å². The Morgan fingerprint density at radius 2 is 1.70 bits per heavy atom. The minimum absolute atomic E-state index is 0.397. The number of aromatic nitrogens is 2. The Labute approximate surface area is 190 Å². The first-order chi connectivity index (χ1) is 14.5. The number of amidine groups is 1. The maximum absolute atomic E-state index is 6.57. The Kier molecular flexibility index (Phi) is 5.26. The Balaban J connectivity index is 1.69. The minimum Gasteiger partial charge on any atom is -0.366 e. The fourth-order valence-electron chi connectivity index (χ4n) is 3.47. The van der Waals surface area contributed by atoms with E-state index in [0.29, 0.717) is 27.2 Å². The molecule has 7 heteroatoms. The van der Waals surface area contributed by atoms with Crippen LogP contribution in [0, 0.1) is 6.92 Å². The van der Waals surface area contributed by atoms with Gasteiger partial charge in [0.2, 0.25) is 0 Å². The highest BCUT2D eigenvalue weighted by Gasteiger charge is 2.30. The van der Waals surface area contributed by atoms with E-state index in [-0.39, 0.29) is 0 Å². The van der Waals surface area contributed by atoms with Crippen LogP contribution in [0.2, 0.25) is 15.1 Å². The van der Waals surface area contributed by atoms with E-state index >= 15 is 0 Å². The van der Waals surface area contributed by atoms with E-state index in [1.165, 1.54) is 12.8 Å². The summed E-state index contributed by atoms with van der Waals surface area (Å²) in [6.07, 6.45) is 4.64. The first-order valence-electron chi connectivity index (χ1n) is 10.2. The molecule has 0 atom stereocenters. The lowest BCUT2D eigenvalue weighted by molar-refractivity contribution is 0.852. The van der Waals surface area contributed by atoms with Gasteiger partial charge in [0.05, 0.1) is 22.4 Å².